The average Bonchev–Trinajstić information content (AvgIpc) is 2.62. The maximum atomic E-state index is 13.3. The Hall–Kier alpha value is -2.02. The number of alkyl halides is 2. The number of hydrogen-bond acceptors (Lipinski definition) is 3. The smallest absolute Gasteiger partial charge is 0.256 e. The molecule has 7 heteroatoms. The van der Waals surface area contributed by atoms with Crippen molar-refractivity contribution in [1.29, 1.82) is 0 Å². The second-order valence-corrected chi connectivity index (χ2v) is 6.57. The highest BCUT2D eigenvalue weighted by Crippen LogP contribution is 2.36. The number of anilines is 1. The summed E-state index contributed by atoms with van der Waals surface area (Å²) in [6, 6.07) is 6.82. The summed E-state index contributed by atoms with van der Waals surface area (Å²) in [5.41, 5.74) is 0.847. The molecular weight excluding hydrogens is 330 g/mol. The molecule has 0 unspecified atom stereocenters. The summed E-state index contributed by atoms with van der Waals surface area (Å²) in [4.78, 5) is 26.8. The van der Waals surface area contributed by atoms with Gasteiger partial charge in [0.2, 0.25) is 11.8 Å². The quantitative estimate of drug-likeness (QED) is 0.910. The molecule has 0 atom stereocenters. The molecule has 1 saturated heterocycles. The Morgan fingerprint density at radius 1 is 1.12 bits per heavy atom. The van der Waals surface area contributed by atoms with Crippen LogP contribution in [0.5, 0.6) is 0 Å². The number of nitrogens with one attached hydrogen (secondary N) is 1. The molecule has 25 heavy (non-hydrogen) atoms. The zero-order valence-corrected chi connectivity index (χ0v) is 14.0. The molecule has 136 valence electrons. The molecule has 1 aliphatic heterocycles. The van der Waals surface area contributed by atoms with Gasteiger partial charge in [0.15, 0.2) is 0 Å². The largest absolute Gasteiger partial charge is 0.378 e. The lowest BCUT2D eigenvalue weighted by Gasteiger charge is -2.29. The minimum atomic E-state index is -2.67. The van der Waals surface area contributed by atoms with Crippen LogP contribution in [0.2, 0.25) is 0 Å². The lowest BCUT2D eigenvalue weighted by Crippen LogP contribution is -2.41. The van der Waals surface area contributed by atoms with Crippen LogP contribution >= 0.6 is 0 Å². The number of carbonyl (C=O) groups excluding carboxylic acids is 2. The monoisotopic (exact) mass is 352 g/mol. The van der Waals surface area contributed by atoms with Gasteiger partial charge < -0.3 is 15.0 Å². The summed E-state index contributed by atoms with van der Waals surface area (Å²) >= 11 is 0. The molecule has 1 aromatic carbocycles. The average molecular weight is 352 g/mol. The number of para-hydroxylation sites is 1. The molecule has 1 saturated carbocycles. The van der Waals surface area contributed by atoms with E-state index in [-0.39, 0.29) is 37.5 Å². The van der Waals surface area contributed by atoms with Gasteiger partial charge in [-0.3, -0.25) is 9.59 Å². The van der Waals surface area contributed by atoms with Crippen LogP contribution in [0.4, 0.5) is 14.5 Å². The Labute approximate surface area is 145 Å². The number of carbonyl (C=O) groups is 2. The maximum Gasteiger partial charge on any atom is 0.256 e. The van der Waals surface area contributed by atoms with Crippen molar-refractivity contribution in [3.05, 3.63) is 29.8 Å². The number of rotatable bonds is 3. The van der Waals surface area contributed by atoms with Crippen LogP contribution < -0.4 is 5.32 Å². The van der Waals surface area contributed by atoms with Crippen LogP contribution in [-0.4, -0.2) is 48.9 Å². The molecule has 2 aliphatic rings. The van der Waals surface area contributed by atoms with E-state index in [1.807, 2.05) is 0 Å². The summed E-state index contributed by atoms with van der Waals surface area (Å²) in [5.74, 6) is -3.56. The number of morpholine rings is 1. The molecule has 0 spiro atoms. The highest BCUT2D eigenvalue weighted by Gasteiger charge is 2.37. The molecule has 0 radical (unpaired) electrons. The van der Waals surface area contributed by atoms with Crippen molar-refractivity contribution >= 4 is 17.5 Å². The van der Waals surface area contributed by atoms with E-state index in [0.29, 0.717) is 37.6 Å². The van der Waals surface area contributed by atoms with Crippen molar-refractivity contribution in [2.24, 2.45) is 5.92 Å². The summed E-state index contributed by atoms with van der Waals surface area (Å²) in [5, 5.41) is 2.77. The predicted octanol–water partition coefficient (Wildman–Crippen LogP) is 2.92. The molecule has 1 heterocycles. The van der Waals surface area contributed by atoms with Crippen molar-refractivity contribution in [3.8, 4) is 0 Å². The van der Waals surface area contributed by atoms with Crippen molar-refractivity contribution in [2.75, 3.05) is 31.6 Å². The fourth-order valence-corrected chi connectivity index (χ4v) is 3.25. The molecule has 0 aromatic heterocycles. The van der Waals surface area contributed by atoms with Crippen LogP contribution in [-0.2, 0) is 9.53 Å². The molecule has 2 amide bonds. The first-order chi connectivity index (χ1) is 12.0. The first-order valence-electron chi connectivity index (χ1n) is 8.61. The Morgan fingerprint density at radius 2 is 1.76 bits per heavy atom. The van der Waals surface area contributed by atoms with E-state index in [1.165, 1.54) is 0 Å². The zero-order chi connectivity index (χ0) is 17.9. The summed E-state index contributed by atoms with van der Waals surface area (Å²) in [6.45, 7) is 2.02. The molecule has 2 fully saturated rings. The lowest BCUT2D eigenvalue weighted by molar-refractivity contribution is -0.124. The highest BCUT2D eigenvalue weighted by atomic mass is 19.3. The van der Waals surface area contributed by atoms with E-state index < -0.39 is 11.8 Å². The van der Waals surface area contributed by atoms with Gasteiger partial charge in [-0.15, -0.1) is 0 Å². The van der Waals surface area contributed by atoms with E-state index >= 15 is 0 Å². The molecule has 1 aromatic rings. The number of halogens is 2. The van der Waals surface area contributed by atoms with Gasteiger partial charge in [-0.25, -0.2) is 8.78 Å². The van der Waals surface area contributed by atoms with Gasteiger partial charge >= 0.3 is 0 Å². The van der Waals surface area contributed by atoms with Gasteiger partial charge in [0.05, 0.1) is 24.5 Å². The third-order valence-corrected chi connectivity index (χ3v) is 4.80. The SMILES string of the molecule is O=C(Nc1ccccc1C(=O)N1CCOCC1)C1CCC(F)(F)CC1. The summed E-state index contributed by atoms with van der Waals surface area (Å²) < 4.78 is 31.8. The summed E-state index contributed by atoms with van der Waals surface area (Å²) in [7, 11) is 0. The number of amides is 2. The van der Waals surface area contributed by atoms with Crippen molar-refractivity contribution in [2.45, 2.75) is 31.6 Å². The number of hydrogen-bond donors (Lipinski definition) is 1. The first kappa shape index (κ1) is 17.8. The molecular formula is C18H22F2N2O3. The van der Waals surface area contributed by atoms with Gasteiger partial charge in [0.1, 0.15) is 0 Å². The standard InChI is InChI=1S/C18H22F2N2O3/c19-18(20)7-5-13(6-8-18)16(23)21-15-4-2-1-3-14(15)17(24)22-9-11-25-12-10-22/h1-4,13H,5-12H2,(H,21,23). The van der Waals surface area contributed by atoms with E-state index in [9.17, 15) is 18.4 Å². The molecule has 1 aliphatic carbocycles. The third-order valence-electron chi connectivity index (χ3n) is 4.80. The number of nitrogens with zero attached hydrogens (tertiary/aromatic N) is 1. The molecule has 1 N–H and O–H groups in total. The van der Waals surface area contributed by atoms with Gasteiger partial charge in [0, 0.05) is 31.8 Å². The van der Waals surface area contributed by atoms with Gasteiger partial charge in [-0.05, 0) is 25.0 Å². The second-order valence-electron chi connectivity index (χ2n) is 6.57. The maximum absolute atomic E-state index is 13.3. The summed E-state index contributed by atoms with van der Waals surface area (Å²) in [6.07, 6.45) is -0.199. The molecule has 0 bridgehead atoms. The second kappa shape index (κ2) is 7.47. The Bertz CT molecular complexity index is 635. The van der Waals surface area contributed by atoms with Crippen LogP contribution in [0.1, 0.15) is 36.0 Å². The zero-order valence-electron chi connectivity index (χ0n) is 14.0. The van der Waals surface area contributed by atoms with Gasteiger partial charge in [-0.1, -0.05) is 12.1 Å². The Morgan fingerprint density at radius 3 is 2.44 bits per heavy atom. The minimum absolute atomic E-state index is 0.158. The van der Waals surface area contributed by atoms with Gasteiger partial charge in [0.25, 0.3) is 5.91 Å². The van der Waals surface area contributed by atoms with Crippen molar-refractivity contribution in [3.63, 3.8) is 0 Å². The van der Waals surface area contributed by atoms with Crippen LogP contribution in [0.3, 0.4) is 0 Å². The topological polar surface area (TPSA) is 58.6 Å². The third kappa shape index (κ3) is 4.34. The molecule has 5 nitrogen and oxygen atoms in total. The van der Waals surface area contributed by atoms with Crippen LogP contribution in [0, 0.1) is 5.92 Å². The fraction of sp³-hybridized carbons (Fsp3) is 0.556. The normalized spacial score (nSPS) is 21.0. The number of ether oxygens (including phenoxy) is 1. The van der Waals surface area contributed by atoms with Crippen LogP contribution in [0.25, 0.3) is 0 Å². The Kier molecular flexibility index (Phi) is 5.32. The van der Waals surface area contributed by atoms with Crippen molar-refractivity contribution in [1.82, 2.24) is 4.90 Å². The van der Waals surface area contributed by atoms with Crippen LogP contribution in [0.15, 0.2) is 24.3 Å². The lowest BCUT2D eigenvalue weighted by atomic mass is 9.86. The minimum Gasteiger partial charge on any atom is -0.378 e. The first-order valence-corrected chi connectivity index (χ1v) is 8.61. The molecule has 3 rings (SSSR count). The van der Waals surface area contributed by atoms with Crippen molar-refractivity contribution < 1.29 is 23.1 Å². The number of benzene rings is 1. The predicted molar refractivity (Wildman–Crippen MR) is 88.7 cm³/mol. The highest BCUT2D eigenvalue weighted by molar-refractivity contribution is 6.04. The van der Waals surface area contributed by atoms with E-state index in [2.05, 4.69) is 5.32 Å². The van der Waals surface area contributed by atoms with E-state index in [4.69, 9.17) is 4.74 Å². The van der Waals surface area contributed by atoms with E-state index in [0.717, 1.165) is 0 Å². The fourth-order valence-electron chi connectivity index (χ4n) is 3.25. The van der Waals surface area contributed by atoms with Gasteiger partial charge in [-0.2, -0.15) is 0 Å². The van der Waals surface area contributed by atoms with E-state index in [1.54, 1.807) is 29.2 Å². The Balaban J connectivity index is 1.68.